The van der Waals surface area contributed by atoms with Crippen LogP contribution in [-0.4, -0.2) is 18.1 Å². The lowest BCUT2D eigenvalue weighted by Crippen LogP contribution is -2.22. The van der Waals surface area contributed by atoms with Crippen molar-refractivity contribution in [1.82, 2.24) is 10.3 Å². The van der Waals surface area contributed by atoms with Gasteiger partial charge in [0.25, 0.3) is 0 Å². The Balaban J connectivity index is 2.75. The number of nitrogens with one attached hydrogen (secondary N) is 1. The Hall–Kier alpha value is -1.29. The second-order valence-electron chi connectivity index (χ2n) is 1.93. The van der Waals surface area contributed by atoms with Crippen molar-refractivity contribution >= 4 is 17.7 Å². The molecular formula is C7H7ClN2O2. The molecule has 0 aliphatic heterocycles. The van der Waals surface area contributed by atoms with Gasteiger partial charge in [-0.25, -0.2) is 9.78 Å². The highest BCUT2D eigenvalue weighted by atomic mass is 35.5. The van der Waals surface area contributed by atoms with E-state index in [-0.39, 0.29) is 10.9 Å². The molecule has 1 aromatic heterocycles. The van der Waals surface area contributed by atoms with Crippen molar-refractivity contribution in [3.63, 3.8) is 0 Å². The molecule has 64 valence electrons. The van der Waals surface area contributed by atoms with E-state index < -0.39 is 6.09 Å². The first-order valence-corrected chi connectivity index (χ1v) is 3.62. The van der Waals surface area contributed by atoms with Crippen molar-refractivity contribution in [3.05, 3.63) is 23.5 Å². The first-order chi connectivity index (χ1) is 5.74. The number of aromatic nitrogens is 1. The zero-order chi connectivity index (χ0) is 8.97. The topological polar surface area (TPSA) is 51.2 Å². The SMILES string of the molecule is CNC(=O)Oc1cccnc1Cl. The Labute approximate surface area is 74.5 Å². The average molecular weight is 187 g/mol. The van der Waals surface area contributed by atoms with Crippen LogP contribution in [0.5, 0.6) is 5.75 Å². The molecular weight excluding hydrogens is 180 g/mol. The number of rotatable bonds is 1. The lowest BCUT2D eigenvalue weighted by atomic mass is 10.5. The largest absolute Gasteiger partial charge is 0.412 e. The minimum absolute atomic E-state index is 0.168. The first kappa shape index (κ1) is 8.80. The number of hydrogen-bond acceptors (Lipinski definition) is 3. The van der Waals surface area contributed by atoms with Gasteiger partial charge in [-0.3, -0.25) is 0 Å². The molecule has 0 fully saturated rings. The summed E-state index contributed by atoms with van der Waals surface area (Å²) in [5, 5.41) is 2.46. The number of carbonyl (C=O) groups excluding carboxylic acids is 1. The molecule has 0 unspecified atom stereocenters. The Morgan fingerprint density at radius 3 is 3.08 bits per heavy atom. The fourth-order valence-corrected chi connectivity index (χ4v) is 0.756. The summed E-state index contributed by atoms with van der Waals surface area (Å²) in [5.41, 5.74) is 0. The predicted molar refractivity (Wildman–Crippen MR) is 44.3 cm³/mol. The van der Waals surface area contributed by atoms with Crippen LogP contribution < -0.4 is 10.1 Å². The monoisotopic (exact) mass is 186 g/mol. The summed E-state index contributed by atoms with van der Waals surface area (Å²) in [7, 11) is 1.46. The number of carbonyl (C=O) groups is 1. The number of pyridine rings is 1. The predicted octanol–water partition coefficient (Wildman–Crippen LogP) is 1.45. The zero-order valence-corrected chi connectivity index (χ0v) is 7.13. The number of hydrogen-bond donors (Lipinski definition) is 1. The molecule has 0 aliphatic rings. The van der Waals surface area contributed by atoms with Gasteiger partial charge in [0, 0.05) is 13.2 Å². The average Bonchev–Trinajstić information content (AvgIpc) is 2.09. The van der Waals surface area contributed by atoms with E-state index in [0.29, 0.717) is 0 Å². The molecule has 0 bridgehead atoms. The summed E-state index contributed by atoms with van der Waals surface area (Å²) in [6, 6.07) is 3.19. The molecule has 1 amide bonds. The maximum absolute atomic E-state index is 10.7. The third-order valence-electron chi connectivity index (χ3n) is 1.13. The molecule has 1 rings (SSSR count). The molecule has 0 saturated heterocycles. The molecule has 1 heterocycles. The molecule has 0 saturated carbocycles. The summed E-state index contributed by atoms with van der Waals surface area (Å²) in [4.78, 5) is 14.4. The standard InChI is InChI=1S/C7H7ClN2O2/c1-9-7(11)12-5-3-2-4-10-6(5)8/h2-4H,1H3,(H,9,11). The Morgan fingerprint density at radius 1 is 1.75 bits per heavy atom. The highest BCUT2D eigenvalue weighted by Gasteiger charge is 2.05. The number of amides is 1. The molecule has 12 heavy (non-hydrogen) atoms. The van der Waals surface area contributed by atoms with E-state index in [4.69, 9.17) is 16.3 Å². The minimum Gasteiger partial charge on any atom is -0.407 e. The van der Waals surface area contributed by atoms with E-state index in [1.165, 1.54) is 13.2 Å². The van der Waals surface area contributed by atoms with Crippen LogP contribution in [0.4, 0.5) is 4.79 Å². The molecule has 0 atom stereocenters. The summed E-state index contributed by atoms with van der Waals surface area (Å²) >= 11 is 5.61. The number of ether oxygens (including phenoxy) is 1. The van der Waals surface area contributed by atoms with Gasteiger partial charge in [0.1, 0.15) is 0 Å². The quantitative estimate of drug-likeness (QED) is 0.676. The number of nitrogens with zero attached hydrogens (tertiary/aromatic N) is 1. The van der Waals surface area contributed by atoms with Gasteiger partial charge in [0.15, 0.2) is 10.9 Å². The molecule has 5 heteroatoms. The van der Waals surface area contributed by atoms with Crippen LogP contribution in [0.3, 0.4) is 0 Å². The van der Waals surface area contributed by atoms with Gasteiger partial charge in [-0.05, 0) is 12.1 Å². The Bertz CT molecular complexity index is 290. The second-order valence-corrected chi connectivity index (χ2v) is 2.29. The normalized spacial score (nSPS) is 9.17. The fourth-order valence-electron chi connectivity index (χ4n) is 0.598. The maximum Gasteiger partial charge on any atom is 0.412 e. The van der Waals surface area contributed by atoms with E-state index in [2.05, 4.69) is 10.3 Å². The molecule has 4 nitrogen and oxygen atoms in total. The first-order valence-electron chi connectivity index (χ1n) is 3.24. The molecule has 0 aliphatic carbocycles. The number of halogens is 1. The Kier molecular flexibility index (Phi) is 2.88. The van der Waals surface area contributed by atoms with E-state index in [1.807, 2.05) is 0 Å². The van der Waals surface area contributed by atoms with Crippen molar-refractivity contribution < 1.29 is 9.53 Å². The molecule has 0 radical (unpaired) electrons. The smallest absolute Gasteiger partial charge is 0.407 e. The van der Waals surface area contributed by atoms with Crippen molar-refractivity contribution in [3.8, 4) is 5.75 Å². The van der Waals surface area contributed by atoms with E-state index >= 15 is 0 Å². The molecule has 1 N–H and O–H groups in total. The molecule has 1 aromatic rings. The third kappa shape index (κ3) is 2.10. The molecule has 0 spiro atoms. The van der Waals surface area contributed by atoms with E-state index in [1.54, 1.807) is 12.1 Å². The van der Waals surface area contributed by atoms with Crippen molar-refractivity contribution in [2.24, 2.45) is 0 Å². The van der Waals surface area contributed by atoms with Crippen molar-refractivity contribution in [2.75, 3.05) is 7.05 Å². The van der Waals surface area contributed by atoms with Gasteiger partial charge in [0.2, 0.25) is 0 Å². The van der Waals surface area contributed by atoms with Crippen LogP contribution in [0.15, 0.2) is 18.3 Å². The molecule has 0 aromatic carbocycles. The van der Waals surface area contributed by atoms with Crippen molar-refractivity contribution in [2.45, 2.75) is 0 Å². The van der Waals surface area contributed by atoms with Gasteiger partial charge in [-0.1, -0.05) is 11.6 Å². The van der Waals surface area contributed by atoms with Crippen molar-refractivity contribution in [1.29, 1.82) is 0 Å². The summed E-state index contributed by atoms with van der Waals surface area (Å²) in [5.74, 6) is 0.249. The van der Waals surface area contributed by atoms with E-state index in [9.17, 15) is 4.79 Å². The summed E-state index contributed by atoms with van der Waals surface area (Å²) in [6.07, 6.45) is 0.948. The lowest BCUT2D eigenvalue weighted by Gasteiger charge is -2.02. The summed E-state index contributed by atoms with van der Waals surface area (Å²) in [6.45, 7) is 0. The van der Waals surface area contributed by atoms with Crippen LogP contribution in [0.1, 0.15) is 0 Å². The van der Waals surface area contributed by atoms with Gasteiger partial charge in [-0.15, -0.1) is 0 Å². The van der Waals surface area contributed by atoms with Crippen LogP contribution in [0.25, 0.3) is 0 Å². The van der Waals surface area contributed by atoms with Crippen LogP contribution in [0, 0.1) is 0 Å². The highest BCUT2D eigenvalue weighted by Crippen LogP contribution is 2.19. The lowest BCUT2D eigenvalue weighted by molar-refractivity contribution is 0.203. The summed E-state index contributed by atoms with van der Waals surface area (Å²) < 4.78 is 4.75. The maximum atomic E-state index is 10.7. The third-order valence-corrected chi connectivity index (χ3v) is 1.42. The Morgan fingerprint density at radius 2 is 2.50 bits per heavy atom. The van der Waals surface area contributed by atoms with Crippen LogP contribution >= 0.6 is 11.6 Å². The van der Waals surface area contributed by atoms with Gasteiger partial charge < -0.3 is 10.1 Å². The van der Waals surface area contributed by atoms with Gasteiger partial charge in [0.05, 0.1) is 0 Å². The van der Waals surface area contributed by atoms with E-state index in [0.717, 1.165) is 0 Å². The highest BCUT2D eigenvalue weighted by molar-refractivity contribution is 6.30. The van der Waals surface area contributed by atoms with Gasteiger partial charge >= 0.3 is 6.09 Å². The van der Waals surface area contributed by atoms with Gasteiger partial charge in [-0.2, -0.15) is 0 Å². The van der Waals surface area contributed by atoms with Crippen LogP contribution in [0.2, 0.25) is 5.15 Å². The fraction of sp³-hybridized carbons (Fsp3) is 0.143. The van der Waals surface area contributed by atoms with Crippen LogP contribution in [-0.2, 0) is 0 Å². The second kappa shape index (κ2) is 3.92. The minimum atomic E-state index is -0.565. The zero-order valence-electron chi connectivity index (χ0n) is 6.37.